The maximum atomic E-state index is 5.86. The van der Waals surface area contributed by atoms with Crippen molar-refractivity contribution in [2.45, 2.75) is 79.1 Å². The third-order valence-corrected chi connectivity index (χ3v) is 4.55. The van der Waals surface area contributed by atoms with Crippen LogP contribution in [0.15, 0.2) is 0 Å². The predicted octanol–water partition coefficient (Wildman–Crippen LogP) is 3.29. The molecule has 20 heavy (non-hydrogen) atoms. The van der Waals surface area contributed by atoms with Crippen LogP contribution in [0.1, 0.15) is 61.3 Å². The summed E-state index contributed by atoms with van der Waals surface area (Å²) >= 11 is 0. The molecule has 120 valence electrons. The molecule has 2 atom stereocenters. The van der Waals surface area contributed by atoms with Gasteiger partial charge in [-0.3, -0.25) is 4.90 Å². The highest BCUT2D eigenvalue weighted by Gasteiger charge is 2.32. The fourth-order valence-electron chi connectivity index (χ4n) is 3.12. The van der Waals surface area contributed by atoms with E-state index in [1.165, 1.54) is 19.4 Å². The Labute approximate surface area is 126 Å². The average Bonchev–Trinajstić information content (AvgIpc) is 2.32. The van der Waals surface area contributed by atoms with Crippen molar-refractivity contribution in [1.29, 1.82) is 0 Å². The van der Waals surface area contributed by atoms with Crippen molar-refractivity contribution in [1.82, 2.24) is 10.2 Å². The predicted molar refractivity (Wildman–Crippen MR) is 87.2 cm³/mol. The zero-order valence-electron chi connectivity index (χ0n) is 14.8. The molecule has 1 saturated heterocycles. The van der Waals surface area contributed by atoms with Crippen molar-refractivity contribution in [2.24, 2.45) is 5.41 Å². The first kappa shape index (κ1) is 17.9. The first-order valence-electron chi connectivity index (χ1n) is 8.32. The SMILES string of the molecule is CCC(CC)(CNC(C)(C)C)CN1CC(C)OC(C)C1. The van der Waals surface area contributed by atoms with Crippen LogP contribution < -0.4 is 5.32 Å². The van der Waals surface area contributed by atoms with Gasteiger partial charge in [-0.1, -0.05) is 13.8 Å². The Balaban J connectivity index is 2.65. The van der Waals surface area contributed by atoms with Crippen molar-refractivity contribution in [3.8, 4) is 0 Å². The van der Waals surface area contributed by atoms with Gasteiger partial charge in [-0.05, 0) is 52.9 Å². The van der Waals surface area contributed by atoms with Crippen LogP contribution in [0.5, 0.6) is 0 Å². The van der Waals surface area contributed by atoms with E-state index in [4.69, 9.17) is 4.74 Å². The molecule has 1 rings (SSSR count). The van der Waals surface area contributed by atoms with Gasteiger partial charge < -0.3 is 10.1 Å². The number of ether oxygens (including phenoxy) is 1. The quantitative estimate of drug-likeness (QED) is 0.810. The van der Waals surface area contributed by atoms with Crippen molar-refractivity contribution >= 4 is 0 Å². The van der Waals surface area contributed by atoms with Crippen molar-refractivity contribution in [3.05, 3.63) is 0 Å². The Kier molecular flexibility index (Phi) is 6.49. The minimum atomic E-state index is 0.196. The summed E-state index contributed by atoms with van der Waals surface area (Å²) in [4.78, 5) is 2.61. The number of morpholine rings is 1. The largest absolute Gasteiger partial charge is 0.373 e. The first-order valence-corrected chi connectivity index (χ1v) is 8.32. The summed E-state index contributed by atoms with van der Waals surface area (Å²) in [6.45, 7) is 20.2. The summed E-state index contributed by atoms with van der Waals surface area (Å²) in [6.07, 6.45) is 3.18. The minimum Gasteiger partial charge on any atom is -0.373 e. The highest BCUT2D eigenvalue weighted by molar-refractivity contribution is 4.87. The van der Waals surface area contributed by atoms with Crippen molar-refractivity contribution < 1.29 is 4.74 Å². The molecule has 0 aliphatic carbocycles. The van der Waals surface area contributed by atoms with E-state index in [-0.39, 0.29) is 5.54 Å². The van der Waals surface area contributed by atoms with Crippen molar-refractivity contribution in [2.75, 3.05) is 26.2 Å². The molecular formula is C17H36N2O. The molecule has 0 aromatic rings. The standard InChI is InChI=1S/C17H36N2O/c1-8-17(9-2,12-18-16(5,6)7)13-19-10-14(3)20-15(4)11-19/h14-15,18H,8-13H2,1-7H3. The lowest BCUT2D eigenvalue weighted by Gasteiger charge is -2.43. The lowest BCUT2D eigenvalue weighted by molar-refractivity contribution is -0.0786. The van der Waals surface area contributed by atoms with Gasteiger partial charge >= 0.3 is 0 Å². The van der Waals surface area contributed by atoms with Gasteiger partial charge in [0.15, 0.2) is 0 Å². The highest BCUT2D eigenvalue weighted by Crippen LogP contribution is 2.29. The molecule has 1 heterocycles. The Hall–Kier alpha value is -0.120. The van der Waals surface area contributed by atoms with E-state index >= 15 is 0 Å². The molecule has 3 heteroatoms. The topological polar surface area (TPSA) is 24.5 Å². The van der Waals surface area contributed by atoms with Gasteiger partial charge in [0.05, 0.1) is 12.2 Å². The van der Waals surface area contributed by atoms with E-state index in [0.29, 0.717) is 17.6 Å². The number of nitrogens with one attached hydrogen (secondary N) is 1. The molecule has 2 unspecified atom stereocenters. The van der Waals surface area contributed by atoms with Crippen LogP contribution in [-0.2, 0) is 4.74 Å². The Morgan fingerprint density at radius 1 is 1.05 bits per heavy atom. The van der Waals surface area contributed by atoms with Gasteiger partial charge in [0.1, 0.15) is 0 Å². The van der Waals surface area contributed by atoms with Crippen LogP contribution in [0.4, 0.5) is 0 Å². The average molecular weight is 284 g/mol. The van der Waals surface area contributed by atoms with E-state index in [1.807, 2.05) is 0 Å². The molecule has 1 N–H and O–H groups in total. The monoisotopic (exact) mass is 284 g/mol. The van der Waals surface area contributed by atoms with E-state index in [1.54, 1.807) is 0 Å². The third kappa shape index (κ3) is 5.71. The number of hydrogen-bond donors (Lipinski definition) is 1. The fraction of sp³-hybridized carbons (Fsp3) is 1.00. The summed E-state index contributed by atoms with van der Waals surface area (Å²) in [7, 11) is 0. The van der Waals surface area contributed by atoms with Crippen molar-refractivity contribution in [3.63, 3.8) is 0 Å². The smallest absolute Gasteiger partial charge is 0.0678 e. The summed E-state index contributed by atoms with van der Waals surface area (Å²) in [5, 5.41) is 3.72. The summed E-state index contributed by atoms with van der Waals surface area (Å²) < 4.78 is 5.86. The number of nitrogens with zero attached hydrogens (tertiary/aromatic N) is 1. The van der Waals surface area contributed by atoms with Gasteiger partial charge in [-0.25, -0.2) is 0 Å². The second kappa shape index (κ2) is 7.24. The lowest BCUT2D eigenvalue weighted by atomic mass is 9.80. The Morgan fingerprint density at radius 2 is 1.55 bits per heavy atom. The molecule has 1 fully saturated rings. The van der Waals surface area contributed by atoms with Crippen LogP contribution in [0.25, 0.3) is 0 Å². The van der Waals surface area contributed by atoms with Crippen LogP contribution >= 0.6 is 0 Å². The molecule has 0 aromatic heterocycles. The first-order chi connectivity index (χ1) is 9.19. The molecule has 0 amide bonds. The molecule has 0 radical (unpaired) electrons. The normalized spacial score (nSPS) is 25.9. The van der Waals surface area contributed by atoms with E-state index in [2.05, 4.69) is 58.7 Å². The fourth-order valence-corrected chi connectivity index (χ4v) is 3.12. The molecule has 0 bridgehead atoms. The van der Waals surface area contributed by atoms with Crippen LogP contribution in [0, 0.1) is 5.41 Å². The zero-order valence-corrected chi connectivity index (χ0v) is 14.8. The van der Waals surface area contributed by atoms with E-state index in [0.717, 1.165) is 19.6 Å². The van der Waals surface area contributed by atoms with Gasteiger partial charge in [0, 0.05) is 31.7 Å². The van der Waals surface area contributed by atoms with Crippen LogP contribution in [0.2, 0.25) is 0 Å². The molecular weight excluding hydrogens is 248 g/mol. The molecule has 0 aromatic carbocycles. The van der Waals surface area contributed by atoms with Gasteiger partial charge in [0.2, 0.25) is 0 Å². The van der Waals surface area contributed by atoms with Gasteiger partial charge in [-0.15, -0.1) is 0 Å². The number of rotatable bonds is 6. The molecule has 0 saturated carbocycles. The second-order valence-corrected chi connectivity index (χ2v) is 7.76. The highest BCUT2D eigenvalue weighted by atomic mass is 16.5. The Morgan fingerprint density at radius 3 is 1.95 bits per heavy atom. The Bertz CT molecular complexity index is 271. The third-order valence-electron chi connectivity index (χ3n) is 4.55. The second-order valence-electron chi connectivity index (χ2n) is 7.76. The van der Waals surface area contributed by atoms with Crippen LogP contribution in [-0.4, -0.2) is 48.8 Å². The van der Waals surface area contributed by atoms with Crippen LogP contribution in [0.3, 0.4) is 0 Å². The number of hydrogen-bond acceptors (Lipinski definition) is 3. The maximum absolute atomic E-state index is 5.86. The van der Waals surface area contributed by atoms with Gasteiger partial charge in [-0.2, -0.15) is 0 Å². The molecule has 3 nitrogen and oxygen atoms in total. The van der Waals surface area contributed by atoms with E-state index < -0.39 is 0 Å². The zero-order chi connectivity index (χ0) is 15.4. The van der Waals surface area contributed by atoms with E-state index in [9.17, 15) is 0 Å². The summed E-state index contributed by atoms with van der Waals surface area (Å²) in [5.74, 6) is 0. The molecule has 1 aliphatic heterocycles. The molecule has 1 aliphatic rings. The maximum Gasteiger partial charge on any atom is 0.0678 e. The molecule has 0 spiro atoms. The lowest BCUT2D eigenvalue weighted by Crippen LogP contribution is -2.53. The van der Waals surface area contributed by atoms with Gasteiger partial charge in [0.25, 0.3) is 0 Å². The minimum absolute atomic E-state index is 0.196. The summed E-state index contributed by atoms with van der Waals surface area (Å²) in [5.41, 5.74) is 0.575. The summed E-state index contributed by atoms with van der Waals surface area (Å²) in [6, 6.07) is 0.